The zero-order chi connectivity index (χ0) is 19.7. The van der Waals surface area contributed by atoms with E-state index in [1.807, 2.05) is 24.3 Å². The van der Waals surface area contributed by atoms with Gasteiger partial charge in [0.05, 0.1) is 17.9 Å². The van der Waals surface area contributed by atoms with E-state index in [1.165, 1.54) is 12.2 Å². The Kier molecular flexibility index (Phi) is 5.53. The molecule has 2 aromatic carbocycles. The number of aliphatic hydroxyl groups is 2. The van der Waals surface area contributed by atoms with Crippen LogP contribution in [0.4, 0.5) is 18.9 Å². The summed E-state index contributed by atoms with van der Waals surface area (Å²) in [5.41, 5.74) is -1.96. The van der Waals surface area contributed by atoms with Crippen molar-refractivity contribution in [3.05, 3.63) is 66.5 Å². The van der Waals surface area contributed by atoms with Crippen LogP contribution < -0.4 is 5.32 Å². The number of benzene rings is 2. The molecule has 1 aliphatic carbocycles. The third kappa shape index (κ3) is 3.71. The van der Waals surface area contributed by atoms with Crippen molar-refractivity contribution < 1.29 is 23.4 Å². The molecule has 0 saturated carbocycles. The lowest BCUT2D eigenvalue weighted by molar-refractivity contribution is -0.218. The van der Waals surface area contributed by atoms with Gasteiger partial charge in [0.25, 0.3) is 0 Å². The van der Waals surface area contributed by atoms with E-state index in [1.54, 1.807) is 18.2 Å². The predicted molar refractivity (Wildman–Crippen MR) is 104 cm³/mol. The SMILES string of the molecule is OC1=CC=C[C@@](C(Nc2cccc3ccccc23)C(O)CBr)(C(F)(F)F)C1. The third-order valence-electron chi connectivity index (χ3n) is 4.88. The Morgan fingerprint density at radius 2 is 1.85 bits per heavy atom. The number of nitrogens with one attached hydrogen (secondary N) is 1. The molecule has 0 aromatic heterocycles. The number of aliphatic hydroxyl groups excluding tert-OH is 2. The number of rotatable bonds is 5. The third-order valence-corrected chi connectivity index (χ3v) is 5.55. The minimum Gasteiger partial charge on any atom is -0.512 e. The van der Waals surface area contributed by atoms with Crippen LogP contribution in [0.5, 0.6) is 0 Å². The molecule has 0 saturated heterocycles. The van der Waals surface area contributed by atoms with Gasteiger partial charge in [-0.15, -0.1) is 0 Å². The van der Waals surface area contributed by atoms with Crippen molar-refractivity contribution in [3.8, 4) is 0 Å². The van der Waals surface area contributed by atoms with Gasteiger partial charge >= 0.3 is 6.18 Å². The first-order chi connectivity index (χ1) is 12.8. The fraction of sp³-hybridized carbons (Fsp3) is 0.300. The average molecular weight is 442 g/mol. The van der Waals surface area contributed by atoms with E-state index in [2.05, 4.69) is 21.2 Å². The van der Waals surface area contributed by atoms with Crippen LogP contribution >= 0.6 is 15.9 Å². The van der Waals surface area contributed by atoms with E-state index in [-0.39, 0.29) is 11.1 Å². The van der Waals surface area contributed by atoms with Crippen LogP contribution in [0.3, 0.4) is 0 Å². The molecule has 0 bridgehead atoms. The number of hydrogen-bond acceptors (Lipinski definition) is 3. The number of anilines is 1. The van der Waals surface area contributed by atoms with Crippen LogP contribution in [-0.2, 0) is 0 Å². The summed E-state index contributed by atoms with van der Waals surface area (Å²) in [5, 5.41) is 24.8. The van der Waals surface area contributed by atoms with Crippen molar-refractivity contribution in [2.45, 2.75) is 24.7 Å². The van der Waals surface area contributed by atoms with Crippen LogP contribution in [0.1, 0.15) is 6.42 Å². The van der Waals surface area contributed by atoms with Crippen LogP contribution in [0.15, 0.2) is 66.5 Å². The van der Waals surface area contributed by atoms with Gasteiger partial charge in [0, 0.05) is 22.8 Å². The number of allylic oxidation sites excluding steroid dienone is 3. The first kappa shape index (κ1) is 19.8. The molecular weight excluding hydrogens is 423 g/mol. The molecule has 0 fully saturated rings. The number of fused-ring (bicyclic) bond motifs is 1. The first-order valence-corrected chi connectivity index (χ1v) is 9.53. The Morgan fingerprint density at radius 3 is 2.52 bits per heavy atom. The van der Waals surface area contributed by atoms with Crippen LogP contribution in [0.25, 0.3) is 10.8 Å². The molecule has 2 aromatic rings. The summed E-state index contributed by atoms with van der Waals surface area (Å²) in [6, 6.07) is 11.2. The molecule has 2 unspecified atom stereocenters. The fourth-order valence-corrected chi connectivity index (χ4v) is 3.88. The van der Waals surface area contributed by atoms with Crippen LogP contribution in [0, 0.1) is 5.41 Å². The minimum atomic E-state index is -4.68. The summed E-state index contributed by atoms with van der Waals surface area (Å²) in [7, 11) is 0. The maximum atomic E-state index is 14.2. The lowest BCUT2D eigenvalue weighted by atomic mass is 9.71. The molecule has 144 valence electrons. The van der Waals surface area contributed by atoms with Gasteiger partial charge in [0.1, 0.15) is 5.41 Å². The fourth-order valence-electron chi connectivity index (χ4n) is 3.51. The summed E-state index contributed by atoms with van der Waals surface area (Å²) in [6.07, 6.45) is -3.23. The van der Waals surface area contributed by atoms with E-state index in [4.69, 9.17) is 0 Å². The highest BCUT2D eigenvalue weighted by molar-refractivity contribution is 9.09. The minimum absolute atomic E-state index is 0.0500. The monoisotopic (exact) mass is 441 g/mol. The lowest BCUT2D eigenvalue weighted by Gasteiger charge is -2.43. The summed E-state index contributed by atoms with van der Waals surface area (Å²) in [6.45, 7) is 0. The van der Waals surface area contributed by atoms with Gasteiger partial charge in [-0.3, -0.25) is 0 Å². The summed E-state index contributed by atoms with van der Waals surface area (Å²) < 4.78 is 42.5. The van der Waals surface area contributed by atoms with Gasteiger partial charge in [0.2, 0.25) is 0 Å². The summed E-state index contributed by atoms with van der Waals surface area (Å²) in [5.74, 6) is -0.374. The Morgan fingerprint density at radius 1 is 1.15 bits per heavy atom. The normalized spacial score (nSPS) is 22.3. The van der Waals surface area contributed by atoms with Crippen LogP contribution in [0.2, 0.25) is 0 Å². The molecule has 0 radical (unpaired) electrons. The van der Waals surface area contributed by atoms with Gasteiger partial charge in [-0.2, -0.15) is 13.2 Å². The van der Waals surface area contributed by atoms with E-state index in [0.29, 0.717) is 5.69 Å². The molecule has 27 heavy (non-hydrogen) atoms. The molecule has 3 rings (SSSR count). The van der Waals surface area contributed by atoms with E-state index in [9.17, 15) is 23.4 Å². The van der Waals surface area contributed by atoms with Gasteiger partial charge in [-0.05, 0) is 17.5 Å². The molecule has 3 atom stereocenters. The largest absolute Gasteiger partial charge is 0.512 e. The van der Waals surface area contributed by atoms with Gasteiger partial charge < -0.3 is 15.5 Å². The highest BCUT2D eigenvalue weighted by Crippen LogP contribution is 2.50. The molecule has 0 amide bonds. The lowest BCUT2D eigenvalue weighted by Crippen LogP contribution is -2.56. The average Bonchev–Trinajstić information content (AvgIpc) is 2.64. The van der Waals surface area contributed by atoms with E-state index in [0.717, 1.165) is 16.8 Å². The van der Waals surface area contributed by atoms with Gasteiger partial charge in [0.15, 0.2) is 0 Å². The predicted octanol–water partition coefficient (Wildman–Crippen LogP) is 5.33. The van der Waals surface area contributed by atoms with Crippen molar-refractivity contribution in [1.82, 2.24) is 0 Å². The van der Waals surface area contributed by atoms with E-state index < -0.39 is 30.2 Å². The van der Waals surface area contributed by atoms with E-state index >= 15 is 0 Å². The topological polar surface area (TPSA) is 52.5 Å². The molecule has 0 heterocycles. The molecule has 0 spiro atoms. The molecule has 0 aliphatic heterocycles. The maximum absolute atomic E-state index is 14.2. The highest BCUT2D eigenvalue weighted by atomic mass is 79.9. The van der Waals surface area contributed by atoms with Crippen LogP contribution in [-0.4, -0.2) is 33.9 Å². The highest BCUT2D eigenvalue weighted by Gasteiger charge is 2.60. The second-order valence-electron chi connectivity index (χ2n) is 6.60. The molecule has 7 heteroatoms. The summed E-state index contributed by atoms with van der Waals surface area (Å²) >= 11 is 3.09. The zero-order valence-corrected chi connectivity index (χ0v) is 15.8. The Labute approximate surface area is 163 Å². The Bertz CT molecular complexity index is 876. The van der Waals surface area contributed by atoms with Gasteiger partial charge in [-0.25, -0.2) is 0 Å². The first-order valence-electron chi connectivity index (χ1n) is 8.41. The van der Waals surface area contributed by atoms with Crippen molar-refractivity contribution in [2.75, 3.05) is 10.6 Å². The Hall–Kier alpha value is -1.99. The van der Waals surface area contributed by atoms with Gasteiger partial charge in [-0.1, -0.05) is 64.5 Å². The smallest absolute Gasteiger partial charge is 0.400 e. The zero-order valence-electron chi connectivity index (χ0n) is 14.2. The second kappa shape index (κ2) is 7.56. The standard InChI is InChI=1S/C20H19BrF3NO2/c21-12-17(27)18(19(20(22,23)24)10-4-7-14(26)11-19)25-16-9-3-6-13-5-1-2-8-15(13)16/h1-10,17-18,25-27H,11-12H2/t17?,18?,19-/m1/s1. The number of halogens is 4. The van der Waals surface area contributed by atoms with Crippen molar-refractivity contribution in [2.24, 2.45) is 5.41 Å². The Balaban J connectivity index is 2.10. The van der Waals surface area contributed by atoms with Crippen molar-refractivity contribution in [1.29, 1.82) is 0 Å². The molecule has 1 aliphatic rings. The molecule has 3 nitrogen and oxygen atoms in total. The maximum Gasteiger partial charge on any atom is 0.400 e. The molecule has 3 N–H and O–H groups in total. The quantitative estimate of drug-likeness (QED) is 0.549. The number of alkyl halides is 4. The van der Waals surface area contributed by atoms with Crippen molar-refractivity contribution >= 4 is 32.4 Å². The molecular formula is C20H19BrF3NO2. The number of hydrogen-bond donors (Lipinski definition) is 3. The second-order valence-corrected chi connectivity index (χ2v) is 7.25. The summed E-state index contributed by atoms with van der Waals surface area (Å²) in [4.78, 5) is 0. The van der Waals surface area contributed by atoms with Crippen molar-refractivity contribution in [3.63, 3.8) is 0 Å².